The Hall–Kier alpha value is -5.82. The first-order valence-corrected chi connectivity index (χ1v) is 25.1. The first-order valence-electron chi connectivity index (χ1n) is 23.6. The summed E-state index contributed by atoms with van der Waals surface area (Å²) in [4.78, 5) is 42.5. The minimum absolute atomic E-state index is 0.0275. The molecule has 67 heavy (non-hydrogen) atoms. The van der Waals surface area contributed by atoms with E-state index in [1.807, 2.05) is 6.07 Å². The van der Waals surface area contributed by atoms with Gasteiger partial charge in [0.2, 0.25) is 5.88 Å². The summed E-state index contributed by atoms with van der Waals surface area (Å²) < 4.78 is 42.2. The summed E-state index contributed by atoms with van der Waals surface area (Å²) in [6.45, 7) is 11.0. The van der Waals surface area contributed by atoms with Crippen LogP contribution in [0.4, 0.5) is 17.1 Å². The summed E-state index contributed by atoms with van der Waals surface area (Å²) in [5.41, 5.74) is 3.20. The van der Waals surface area contributed by atoms with Crippen LogP contribution in [0.25, 0.3) is 11.0 Å². The molecular formula is C49H59N9O8S. The molecule has 0 unspecified atom stereocenters. The number of aromatic amines is 1. The average molecular weight is 934 g/mol. The number of sulfonamides is 1. The van der Waals surface area contributed by atoms with Gasteiger partial charge in [0.1, 0.15) is 23.8 Å². The maximum Gasteiger partial charge on any atom is 0.300 e. The zero-order valence-electron chi connectivity index (χ0n) is 38.2. The SMILES string of the molecule is CC(C)c1ccccc1[C@H]1CNCCN1C1CC2(CCN(c3ccc(C(=O)NS(=O)(=O)c4cc([N+](=O)[O-])c5c(n4)OC[C@H](C4CCC(C)(O)CC4)N5)c(Oc4cnc5[nH]ccc5c4)c3)CC2)C1. The molecule has 17 nitrogen and oxygen atoms in total. The number of carbonyl (C=O) groups is 1. The Kier molecular flexibility index (Phi) is 11.9. The van der Waals surface area contributed by atoms with Gasteiger partial charge in [0, 0.05) is 68.1 Å². The summed E-state index contributed by atoms with van der Waals surface area (Å²) in [6.07, 6.45) is 10.2. The molecule has 18 heteroatoms. The van der Waals surface area contributed by atoms with Crippen molar-refractivity contribution in [3.05, 3.63) is 99.9 Å². The number of H-pyrrole nitrogens is 1. The summed E-state index contributed by atoms with van der Waals surface area (Å²) in [6, 6.07) is 19.0. The van der Waals surface area contributed by atoms with E-state index in [9.17, 15) is 28.4 Å². The lowest BCUT2D eigenvalue weighted by atomic mass is 9.59. The Morgan fingerprint density at radius 2 is 1.82 bits per heavy atom. The third-order valence-corrected chi connectivity index (χ3v) is 16.3. The average Bonchev–Trinajstić information content (AvgIpc) is 3.78. The Balaban J connectivity index is 0.856. The molecular weight excluding hydrogens is 875 g/mol. The van der Waals surface area contributed by atoms with Crippen LogP contribution < -0.4 is 29.7 Å². The molecule has 2 saturated heterocycles. The van der Waals surface area contributed by atoms with Gasteiger partial charge in [-0.2, -0.15) is 13.4 Å². The number of pyridine rings is 2. The number of amides is 1. The molecule has 0 radical (unpaired) electrons. The van der Waals surface area contributed by atoms with Gasteiger partial charge in [-0.1, -0.05) is 38.1 Å². The topological polar surface area (TPSA) is 217 Å². The Morgan fingerprint density at radius 1 is 1.04 bits per heavy atom. The quantitative estimate of drug-likeness (QED) is 0.0644. The van der Waals surface area contributed by atoms with Gasteiger partial charge in [0.15, 0.2) is 10.7 Å². The van der Waals surface area contributed by atoms with E-state index in [0.717, 1.165) is 75.5 Å². The van der Waals surface area contributed by atoms with Crippen molar-refractivity contribution in [2.45, 2.75) is 107 Å². The number of aliphatic hydroxyl groups is 1. The van der Waals surface area contributed by atoms with E-state index in [2.05, 4.69) is 78.2 Å². The fourth-order valence-corrected chi connectivity index (χ4v) is 12.2. The molecule has 3 aliphatic heterocycles. The third kappa shape index (κ3) is 9.03. The lowest BCUT2D eigenvalue weighted by molar-refractivity contribution is -0.384. The molecule has 3 aromatic heterocycles. The Bertz CT molecular complexity index is 2790. The molecule has 2 aliphatic carbocycles. The van der Waals surface area contributed by atoms with Crippen molar-refractivity contribution in [2.24, 2.45) is 11.3 Å². The van der Waals surface area contributed by atoms with Gasteiger partial charge >= 0.3 is 5.69 Å². The van der Waals surface area contributed by atoms with Crippen molar-refractivity contribution < 1.29 is 32.7 Å². The van der Waals surface area contributed by atoms with Gasteiger partial charge < -0.3 is 35.1 Å². The van der Waals surface area contributed by atoms with Crippen molar-refractivity contribution >= 4 is 44.0 Å². The predicted octanol–water partition coefficient (Wildman–Crippen LogP) is 7.41. The fourth-order valence-electron chi connectivity index (χ4n) is 11.2. The molecule has 0 bridgehead atoms. The third-order valence-electron chi connectivity index (χ3n) is 15.1. The molecule has 354 valence electrons. The van der Waals surface area contributed by atoms with Crippen LogP contribution in [-0.4, -0.2) is 101 Å². The van der Waals surface area contributed by atoms with E-state index in [1.54, 1.807) is 37.4 Å². The number of carbonyl (C=O) groups excluding carboxylic acids is 1. The largest absolute Gasteiger partial charge is 0.474 e. The number of nitrogens with zero attached hydrogens (tertiary/aromatic N) is 5. The van der Waals surface area contributed by atoms with E-state index in [4.69, 9.17) is 9.47 Å². The maximum absolute atomic E-state index is 14.1. The van der Waals surface area contributed by atoms with Crippen LogP contribution in [-0.2, 0) is 10.0 Å². The number of hydrogen-bond donors (Lipinski definition) is 5. The minimum atomic E-state index is -4.77. The highest BCUT2D eigenvalue weighted by molar-refractivity contribution is 7.90. The number of piperidine rings is 1. The highest BCUT2D eigenvalue weighted by Gasteiger charge is 2.50. The molecule has 2 aromatic carbocycles. The lowest BCUT2D eigenvalue weighted by Gasteiger charge is -2.57. The number of rotatable bonds is 11. The van der Waals surface area contributed by atoms with Crippen molar-refractivity contribution in [1.29, 1.82) is 0 Å². The summed E-state index contributed by atoms with van der Waals surface area (Å²) in [5, 5.41) is 29.7. The molecule has 6 heterocycles. The minimum Gasteiger partial charge on any atom is -0.474 e. The molecule has 10 rings (SSSR count). The molecule has 2 saturated carbocycles. The second kappa shape index (κ2) is 17.7. The zero-order valence-corrected chi connectivity index (χ0v) is 39.0. The predicted molar refractivity (Wildman–Crippen MR) is 253 cm³/mol. The van der Waals surface area contributed by atoms with Gasteiger partial charge in [0.25, 0.3) is 15.9 Å². The van der Waals surface area contributed by atoms with Crippen LogP contribution in [0.15, 0.2) is 78.1 Å². The van der Waals surface area contributed by atoms with E-state index >= 15 is 0 Å². The van der Waals surface area contributed by atoms with Crippen LogP contribution in [0.1, 0.15) is 106 Å². The second-order valence-corrected chi connectivity index (χ2v) is 21.5. The second-order valence-electron chi connectivity index (χ2n) is 19.9. The molecule has 5 aromatic rings. The van der Waals surface area contributed by atoms with E-state index in [-0.39, 0.29) is 46.9 Å². The Morgan fingerprint density at radius 3 is 2.58 bits per heavy atom. The lowest BCUT2D eigenvalue weighted by Crippen LogP contribution is -2.59. The molecule has 5 N–H and O–H groups in total. The summed E-state index contributed by atoms with van der Waals surface area (Å²) in [7, 11) is -4.77. The highest BCUT2D eigenvalue weighted by atomic mass is 32.2. The van der Waals surface area contributed by atoms with Crippen LogP contribution in [0, 0.1) is 21.4 Å². The van der Waals surface area contributed by atoms with E-state index < -0.39 is 37.2 Å². The van der Waals surface area contributed by atoms with Crippen molar-refractivity contribution in [3.8, 4) is 17.4 Å². The monoisotopic (exact) mass is 933 g/mol. The molecule has 4 fully saturated rings. The number of benzene rings is 2. The van der Waals surface area contributed by atoms with Gasteiger partial charge in [-0.25, -0.2) is 9.71 Å². The van der Waals surface area contributed by atoms with Gasteiger partial charge in [-0.3, -0.25) is 19.8 Å². The highest BCUT2D eigenvalue weighted by Crippen LogP contribution is 2.53. The van der Waals surface area contributed by atoms with Crippen LogP contribution in [0.2, 0.25) is 0 Å². The van der Waals surface area contributed by atoms with Gasteiger partial charge in [0.05, 0.1) is 34.4 Å². The summed E-state index contributed by atoms with van der Waals surface area (Å²) >= 11 is 0. The van der Waals surface area contributed by atoms with Crippen molar-refractivity contribution in [1.82, 2.24) is 29.9 Å². The molecule has 1 amide bonds. The number of ether oxygens (including phenoxy) is 2. The Labute approximate surface area is 390 Å². The first-order chi connectivity index (χ1) is 32.1. The molecule has 5 aliphatic rings. The van der Waals surface area contributed by atoms with Crippen molar-refractivity contribution in [2.75, 3.05) is 49.5 Å². The van der Waals surface area contributed by atoms with Crippen LogP contribution >= 0.6 is 0 Å². The van der Waals surface area contributed by atoms with Crippen molar-refractivity contribution in [3.63, 3.8) is 0 Å². The number of fused-ring (bicyclic) bond motifs is 2. The van der Waals surface area contributed by atoms with E-state index in [1.165, 1.54) is 17.3 Å². The number of nitro groups is 1. The van der Waals surface area contributed by atoms with Gasteiger partial charge in [-0.15, -0.1) is 0 Å². The normalized spacial score (nSPS) is 24.4. The number of hydrogen-bond acceptors (Lipinski definition) is 14. The number of anilines is 2. The summed E-state index contributed by atoms with van der Waals surface area (Å²) in [5.74, 6) is -0.260. The smallest absolute Gasteiger partial charge is 0.300 e. The first kappa shape index (κ1) is 45.0. The standard InChI is InChI=1S/C49H59N9O8S/c1-30(2)36-6-4-5-7-37(36)41-28-50-18-21-57(41)34-25-49(26-34)15-19-56(20-16-49)33-8-9-38(42(23-33)66-35-22-32-12-17-51-45(32)52-27-35)46(59)55-67(63,64)43-24-40(58(61)62)44-47(54-43)65-29-39(53-44)31-10-13-48(3,60)14-11-31/h4-9,12,17,22-24,27,30-31,34,39,41,50,53,60H,10-11,13-16,18-21,25-26,28-29H2,1-3H3,(H,51,52)(H,55,59)/t31?,39-,41-,48?/m1/s1. The number of aromatic nitrogens is 3. The molecule has 2 atom stereocenters. The van der Waals surface area contributed by atoms with Crippen LogP contribution in [0.3, 0.4) is 0 Å². The number of piperazine rings is 1. The maximum atomic E-state index is 14.1. The fraction of sp³-hybridized carbons (Fsp3) is 0.490. The number of nitrogens with one attached hydrogen (secondary N) is 4. The van der Waals surface area contributed by atoms with Crippen LogP contribution in [0.5, 0.6) is 17.4 Å². The molecule has 1 spiro atoms. The van der Waals surface area contributed by atoms with E-state index in [0.29, 0.717) is 55.1 Å². The zero-order chi connectivity index (χ0) is 46.7. The van der Waals surface area contributed by atoms with Gasteiger partial charge in [-0.05, 0) is 111 Å².